The van der Waals surface area contributed by atoms with Gasteiger partial charge in [-0.3, -0.25) is 9.69 Å². The second-order valence-corrected chi connectivity index (χ2v) is 9.40. The van der Waals surface area contributed by atoms with Crippen LogP contribution < -0.4 is 5.48 Å². The van der Waals surface area contributed by atoms with Crippen LogP contribution in [0.4, 0.5) is 0 Å². The van der Waals surface area contributed by atoms with E-state index in [2.05, 4.69) is 39.6 Å². The molecular formula is C29H34N4O4. The van der Waals surface area contributed by atoms with Gasteiger partial charge in [-0.25, -0.2) is 15.3 Å². The number of imidazole rings is 1. The highest BCUT2D eigenvalue weighted by molar-refractivity contribution is 5.90. The molecule has 1 amide bonds. The van der Waals surface area contributed by atoms with Crippen molar-refractivity contribution in [2.45, 2.75) is 38.5 Å². The summed E-state index contributed by atoms with van der Waals surface area (Å²) < 4.78 is 11.0. The van der Waals surface area contributed by atoms with Crippen molar-refractivity contribution in [3.05, 3.63) is 83.3 Å². The quantitative estimate of drug-likeness (QED) is 0.339. The van der Waals surface area contributed by atoms with E-state index in [1.165, 1.54) is 6.08 Å². The van der Waals surface area contributed by atoms with E-state index in [4.69, 9.17) is 19.3 Å². The van der Waals surface area contributed by atoms with E-state index in [0.717, 1.165) is 86.0 Å². The van der Waals surface area contributed by atoms with Gasteiger partial charge >= 0.3 is 0 Å². The second kappa shape index (κ2) is 12.8. The largest absolute Gasteiger partial charge is 0.379 e. The number of aromatic amines is 1. The molecule has 0 saturated carbocycles. The van der Waals surface area contributed by atoms with Crippen LogP contribution in [0.3, 0.4) is 0 Å². The fourth-order valence-electron chi connectivity index (χ4n) is 4.55. The minimum Gasteiger partial charge on any atom is -0.379 e. The molecule has 2 aliphatic rings. The molecule has 37 heavy (non-hydrogen) atoms. The van der Waals surface area contributed by atoms with Crippen molar-refractivity contribution in [2.75, 3.05) is 32.9 Å². The molecular weight excluding hydrogens is 468 g/mol. The third kappa shape index (κ3) is 7.36. The smallest absolute Gasteiger partial charge is 0.267 e. The summed E-state index contributed by atoms with van der Waals surface area (Å²) in [6, 6.07) is 18.5. The topological polar surface area (TPSA) is 88.7 Å². The van der Waals surface area contributed by atoms with E-state index in [1.807, 2.05) is 30.3 Å². The summed E-state index contributed by atoms with van der Waals surface area (Å²) in [5, 5.41) is 0. The SMILES string of the molecule is O=C(/C=C/c1ccc(Cc2nc(-c3ccccc3)c(CN3CCOCC3)[nH]2)cc1)NOC1CCCCO1. The molecule has 0 spiro atoms. The Kier molecular flexibility index (Phi) is 8.76. The highest BCUT2D eigenvalue weighted by Gasteiger charge is 2.18. The summed E-state index contributed by atoms with van der Waals surface area (Å²) in [6.45, 7) is 4.89. The summed E-state index contributed by atoms with van der Waals surface area (Å²) >= 11 is 0. The average molecular weight is 503 g/mol. The Morgan fingerprint density at radius 1 is 1.08 bits per heavy atom. The van der Waals surface area contributed by atoms with Crippen LogP contribution in [-0.4, -0.2) is 60.0 Å². The van der Waals surface area contributed by atoms with Gasteiger partial charge in [-0.1, -0.05) is 54.6 Å². The fourth-order valence-corrected chi connectivity index (χ4v) is 4.55. The van der Waals surface area contributed by atoms with Crippen LogP contribution in [0.2, 0.25) is 0 Å². The molecule has 3 heterocycles. The molecule has 0 aliphatic carbocycles. The van der Waals surface area contributed by atoms with Crippen molar-refractivity contribution in [3.63, 3.8) is 0 Å². The maximum absolute atomic E-state index is 12.1. The number of nitrogens with zero attached hydrogens (tertiary/aromatic N) is 2. The fraction of sp³-hybridized carbons (Fsp3) is 0.379. The zero-order chi connectivity index (χ0) is 25.3. The van der Waals surface area contributed by atoms with E-state index in [1.54, 1.807) is 6.08 Å². The number of hydroxylamine groups is 1. The van der Waals surface area contributed by atoms with Crippen LogP contribution in [0.15, 0.2) is 60.7 Å². The lowest BCUT2D eigenvalue weighted by Gasteiger charge is -2.26. The Hall–Kier alpha value is -3.30. The number of H-pyrrole nitrogens is 1. The standard InChI is InChI=1S/C29H34N4O4/c34-27(32-37-28-8-4-5-17-36-28)14-13-22-9-11-23(12-10-22)20-26-30-25(21-33-15-18-35-19-16-33)29(31-26)24-6-2-1-3-7-24/h1-3,6-7,9-14,28H,4-5,8,15-21H2,(H,30,31)(H,32,34)/b14-13+. The van der Waals surface area contributed by atoms with Gasteiger partial charge in [0.05, 0.1) is 24.6 Å². The Balaban J connectivity index is 1.21. The van der Waals surface area contributed by atoms with Crippen molar-refractivity contribution >= 4 is 12.0 Å². The highest BCUT2D eigenvalue weighted by Crippen LogP contribution is 2.24. The van der Waals surface area contributed by atoms with Crippen LogP contribution in [0, 0.1) is 0 Å². The molecule has 8 heteroatoms. The molecule has 2 aliphatic heterocycles. The maximum atomic E-state index is 12.1. The van der Waals surface area contributed by atoms with Crippen molar-refractivity contribution in [2.24, 2.45) is 0 Å². The van der Waals surface area contributed by atoms with E-state index < -0.39 is 0 Å². The number of rotatable bonds is 9. The minimum atomic E-state index is -0.358. The lowest BCUT2D eigenvalue weighted by Crippen LogP contribution is -2.35. The monoisotopic (exact) mass is 502 g/mol. The van der Waals surface area contributed by atoms with Crippen molar-refractivity contribution in [1.29, 1.82) is 0 Å². The molecule has 1 aromatic heterocycles. The van der Waals surface area contributed by atoms with Crippen LogP contribution in [0.25, 0.3) is 17.3 Å². The number of hydrogen-bond donors (Lipinski definition) is 2. The molecule has 1 atom stereocenters. The van der Waals surface area contributed by atoms with Crippen molar-refractivity contribution in [3.8, 4) is 11.3 Å². The van der Waals surface area contributed by atoms with E-state index in [-0.39, 0.29) is 12.2 Å². The van der Waals surface area contributed by atoms with Crippen LogP contribution in [0.1, 0.15) is 41.9 Å². The summed E-state index contributed by atoms with van der Waals surface area (Å²) in [5.74, 6) is 0.627. The molecule has 2 saturated heterocycles. The number of ether oxygens (including phenoxy) is 2. The van der Waals surface area contributed by atoms with Crippen molar-refractivity contribution in [1.82, 2.24) is 20.3 Å². The second-order valence-electron chi connectivity index (χ2n) is 9.40. The lowest BCUT2D eigenvalue weighted by molar-refractivity contribution is -0.198. The zero-order valence-corrected chi connectivity index (χ0v) is 21.0. The van der Waals surface area contributed by atoms with Gasteiger partial charge < -0.3 is 14.5 Å². The lowest BCUT2D eigenvalue weighted by atomic mass is 10.1. The van der Waals surface area contributed by atoms with Gasteiger partial charge in [0.1, 0.15) is 5.82 Å². The number of amides is 1. The summed E-state index contributed by atoms with van der Waals surface area (Å²) in [7, 11) is 0. The molecule has 2 aromatic carbocycles. The van der Waals surface area contributed by atoms with Gasteiger partial charge in [-0.05, 0) is 30.0 Å². The molecule has 5 rings (SSSR count). The van der Waals surface area contributed by atoms with Crippen molar-refractivity contribution < 1.29 is 19.1 Å². The number of carbonyl (C=O) groups is 1. The molecule has 2 fully saturated rings. The molecule has 2 N–H and O–H groups in total. The minimum absolute atomic E-state index is 0.310. The summed E-state index contributed by atoms with van der Waals surface area (Å²) in [4.78, 5) is 28.3. The Morgan fingerprint density at radius 2 is 1.89 bits per heavy atom. The first-order valence-corrected chi connectivity index (χ1v) is 13.0. The number of benzene rings is 2. The predicted octanol–water partition coefficient (Wildman–Crippen LogP) is 4.09. The molecule has 0 bridgehead atoms. The first-order chi connectivity index (χ1) is 18.2. The molecule has 3 aromatic rings. The Labute approximate surface area is 217 Å². The van der Waals surface area contributed by atoms with Crippen LogP contribution in [-0.2, 0) is 32.1 Å². The number of morpholine rings is 1. The molecule has 194 valence electrons. The molecule has 8 nitrogen and oxygen atoms in total. The highest BCUT2D eigenvalue weighted by atomic mass is 16.8. The van der Waals surface area contributed by atoms with Gasteiger partial charge in [0.25, 0.3) is 5.91 Å². The first-order valence-electron chi connectivity index (χ1n) is 13.0. The van der Waals surface area contributed by atoms with Gasteiger partial charge in [0.2, 0.25) is 0 Å². The molecule has 0 radical (unpaired) electrons. The summed E-state index contributed by atoms with van der Waals surface area (Å²) in [6.07, 6.45) is 6.45. The summed E-state index contributed by atoms with van der Waals surface area (Å²) in [5.41, 5.74) is 7.78. The maximum Gasteiger partial charge on any atom is 0.267 e. The Bertz CT molecular complexity index is 1160. The number of hydrogen-bond acceptors (Lipinski definition) is 6. The normalized spacial score (nSPS) is 18.8. The number of aromatic nitrogens is 2. The third-order valence-corrected chi connectivity index (χ3v) is 6.57. The molecule has 1 unspecified atom stereocenters. The van der Waals surface area contributed by atoms with Gasteiger partial charge in [0.15, 0.2) is 6.29 Å². The third-order valence-electron chi connectivity index (χ3n) is 6.57. The first kappa shape index (κ1) is 25.4. The number of carbonyl (C=O) groups excluding carboxylic acids is 1. The van der Waals surface area contributed by atoms with E-state index >= 15 is 0 Å². The van der Waals surface area contributed by atoms with Crippen LogP contribution in [0.5, 0.6) is 0 Å². The number of nitrogens with one attached hydrogen (secondary N) is 2. The van der Waals surface area contributed by atoms with Gasteiger partial charge in [0, 0.05) is 50.7 Å². The van der Waals surface area contributed by atoms with Gasteiger partial charge in [-0.15, -0.1) is 0 Å². The van der Waals surface area contributed by atoms with E-state index in [9.17, 15) is 4.79 Å². The van der Waals surface area contributed by atoms with Gasteiger partial charge in [-0.2, -0.15) is 0 Å². The Morgan fingerprint density at radius 3 is 2.65 bits per heavy atom. The van der Waals surface area contributed by atoms with E-state index in [0.29, 0.717) is 13.0 Å². The van der Waals surface area contributed by atoms with Crippen LogP contribution >= 0.6 is 0 Å². The zero-order valence-electron chi connectivity index (χ0n) is 21.0. The predicted molar refractivity (Wildman–Crippen MR) is 141 cm³/mol. The average Bonchev–Trinajstić information content (AvgIpc) is 3.35.